The molecule has 1 fully saturated rings. The molecule has 2 rings (SSSR count). The van der Waals surface area contributed by atoms with E-state index in [1.54, 1.807) is 12.1 Å². The lowest BCUT2D eigenvalue weighted by Gasteiger charge is -2.24. The van der Waals surface area contributed by atoms with Gasteiger partial charge in [0.05, 0.1) is 19.1 Å². The maximum atomic E-state index is 12.3. The molecule has 0 unspecified atom stereocenters. The van der Waals surface area contributed by atoms with E-state index in [-0.39, 0.29) is 17.9 Å². The van der Waals surface area contributed by atoms with Crippen LogP contribution >= 0.6 is 0 Å². The lowest BCUT2D eigenvalue weighted by Crippen LogP contribution is -2.25. The number of carbonyl (C=O) groups is 2. The highest BCUT2D eigenvalue weighted by Crippen LogP contribution is 2.30. The molecule has 0 heterocycles. The summed E-state index contributed by atoms with van der Waals surface area (Å²) in [5.74, 6) is 1.33. The Morgan fingerprint density at radius 2 is 1.52 bits per heavy atom. The molecule has 29 heavy (non-hydrogen) atoms. The minimum atomic E-state index is -0.373. The van der Waals surface area contributed by atoms with Crippen molar-refractivity contribution in [3.8, 4) is 11.5 Å². The highest BCUT2D eigenvalue weighted by molar-refractivity contribution is 5.81. The van der Waals surface area contributed by atoms with Crippen molar-refractivity contribution in [1.82, 2.24) is 0 Å². The van der Waals surface area contributed by atoms with Crippen LogP contribution in [0, 0.1) is 11.8 Å². The molecule has 0 atom stereocenters. The summed E-state index contributed by atoms with van der Waals surface area (Å²) in [6.07, 6.45) is 10.7. The fourth-order valence-corrected chi connectivity index (χ4v) is 3.37. The molecular weight excluding hydrogens is 368 g/mol. The normalized spacial score (nSPS) is 18.5. The third-order valence-electron chi connectivity index (χ3n) is 5.20. The fraction of sp³-hybridized carbons (Fsp3) is 0.500. The van der Waals surface area contributed by atoms with Crippen LogP contribution in [0.25, 0.3) is 0 Å². The highest BCUT2D eigenvalue weighted by Gasteiger charge is 2.26. The first-order valence-electron chi connectivity index (χ1n) is 10.5. The first-order chi connectivity index (χ1) is 14.1. The topological polar surface area (TPSA) is 61.8 Å². The third-order valence-corrected chi connectivity index (χ3v) is 5.20. The molecule has 0 radical (unpaired) electrons. The molecule has 1 aromatic carbocycles. The molecular formula is C24H32O5. The van der Waals surface area contributed by atoms with Crippen molar-refractivity contribution >= 4 is 11.9 Å². The third kappa shape index (κ3) is 8.55. The van der Waals surface area contributed by atoms with Gasteiger partial charge in [0.2, 0.25) is 0 Å². The van der Waals surface area contributed by atoms with Crippen molar-refractivity contribution in [3.05, 3.63) is 49.6 Å². The number of hydrogen-bond acceptors (Lipinski definition) is 5. The molecule has 5 nitrogen and oxygen atoms in total. The minimum Gasteiger partial charge on any atom is -0.494 e. The largest absolute Gasteiger partial charge is 0.494 e. The lowest BCUT2D eigenvalue weighted by atomic mass is 9.82. The van der Waals surface area contributed by atoms with Gasteiger partial charge >= 0.3 is 11.9 Å². The summed E-state index contributed by atoms with van der Waals surface area (Å²) in [7, 11) is 0. The van der Waals surface area contributed by atoms with Gasteiger partial charge in [-0.1, -0.05) is 12.7 Å². The number of unbranched alkanes of at least 4 members (excludes halogenated alkanes) is 3. The van der Waals surface area contributed by atoms with Crippen LogP contribution in [0.2, 0.25) is 0 Å². The first-order valence-corrected chi connectivity index (χ1v) is 10.5. The van der Waals surface area contributed by atoms with Gasteiger partial charge in [0.25, 0.3) is 0 Å². The summed E-state index contributed by atoms with van der Waals surface area (Å²) in [6, 6.07) is 7.20. The first kappa shape index (κ1) is 22.7. The van der Waals surface area contributed by atoms with E-state index in [0.29, 0.717) is 24.9 Å². The number of benzene rings is 1. The number of carbonyl (C=O) groups excluding carboxylic acids is 2. The van der Waals surface area contributed by atoms with Crippen molar-refractivity contribution in [2.75, 3.05) is 13.2 Å². The molecule has 1 aromatic rings. The summed E-state index contributed by atoms with van der Waals surface area (Å²) < 4.78 is 16.2. The lowest BCUT2D eigenvalue weighted by molar-refractivity contribution is -0.140. The second kappa shape index (κ2) is 12.8. The Hall–Kier alpha value is -2.56. The van der Waals surface area contributed by atoms with Gasteiger partial charge in [0.1, 0.15) is 11.5 Å². The molecule has 0 bridgehead atoms. The molecule has 0 aromatic heterocycles. The van der Waals surface area contributed by atoms with Crippen LogP contribution < -0.4 is 9.47 Å². The van der Waals surface area contributed by atoms with Crippen LogP contribution in [0.15, 0.2) is 49.6 Å². The zero-order valence-electron chi connectivity index (χ0n) is 17.1. The molecule has 1 saturated carbocycles. The Morgan fingerprint density at radius 3 is 2.14 bits per heavy atom. The van der Waals surface area contributed by atoms with Gasteiger partial charge < -0.3 is 14.2 Å². The quantitative estimate of drug-likeness (QED) is 0.158. The predicted octanol–water partition coefficient (Wildman–Crippen LogP) is 5.25. The fourth-order valence-electron chi connectivity index (χ4n) is 3.37. The Bertz CT molecular complexity index is 656. The smallest absolute Gasteiger partial charge is 0.330 e. The van der Waals surface area contributed by atoms with Gasteiger partial charge in [0.15, 0.2) is 0 Å². The van der Waals surface area contributed by atoms with E-state index in [1.807, 2.05) is 18.2 Å². The Balaban J connectivity index is 1.58. The summed E-state index contributed by atoms with van der Waals surface area (Å²) >= 11 is 0. The van der Waals surface area contributed by atoms with Gasteiger partial charge in [-0.15, -0.1) is 6.58 Å². The molecule has 1 aliphatic rings. The number of ether oxygens (including phenoxy) is 3. The van der Waals surface area contributed by atoms with Crippen molar-refractivity contribution in [2.24, 2.45) is 11.8 Å². The zero-order valence-corrected chi connectivity index (χ0v) is 17.1. The van der Waals surface area contributed by atoms with Crippen LogP contribution in [0.4, 0.5) is 0 Å². The highest BCUT2D eigenvalue weighted by atomic mass is 16.5. The van der Waals surface area contributed by atoms with Crippen LogP contribution in [-0.2, 0) is 14.3 Å². The monoisotopic (exact) mass is 400 g/mol. The van der Waals surface area contributed by atoms with E-state index in [9.17, 15) is 9.59 Å². The van der Waals surface area contributed by atoms with Gasteiger partial charge in [-0.05, 0) is 81.5 Å². The molecule has 1 aliphatic carbocycles. The molecule has 0 aliphatic heterocycles. The summed E-state index contributed by atoms with van der Waals surface area (Å²) in [5, 5.41) is 0. The number of rotatable bonds is 12. The summed E-state index contributed by atoms with van der Waals surface area (Å²) in [6.45, 7) is 8.25. The van der Waals surface area contributed by atoms with Crippen molar-refractivity contribution in [3.63, 3.8) is 0 Å². The second-order valence-electron chi connectivity index (χ2n) is 7.37. The zero-order chi connectivity index (χ0) is 20.9. The molecule has 0 N–H and O–H groups in total. The molecule has 0 amide bonds. The minimum absolute atomic E-state index is 0.0117. The van der Waals surface area contributed by atoms with Gasteiger partial charge in [-0.3, -0.25) is 4.79 Å². The SMILES string of the molecule is C=CC(=O)OCCCCCCOc1ccc(OC(=O)C2CCC(C=C)CC2)cc1. The van der Waals surface area contributed by atoms with Crippen LogP contribution in [0.1, 0.15) is 51.4 Å². The Kier molecular flexibility index (Phi) is 10.0. The van der Waals surface area contributed by atoms with Crippen molar-refractivity contribution in [1.29, 1.82) is 0 Å². The van der Waals surface area contributed by atoms with Gasteiger partial charge in [0, 0.05) is 6.08 Å². The molecule has 0 saturated heterocycles. The average Bonchev–Trinajstić information content (AvgIpc) is 2.76. The Labute approximate surface area is 173 Å². The molecule has 5 heteroatoms. The van der Waals surface area contributed by atoms with Gasteiger partial charge in [-0.25, -0.2) is 4.79 Å². The average molecular weight is 401 g/mol. The van der Waals surface area contributed by atoms with Crippen molar-refractivity contribution < 1.29 is 23.8 Å². The number of esters is 2. The van der Waals surface area contributed by atoms with E-state index in [4.69, 9.17) is 14.2 Å². The predicted molar refractivity (Wildman–Crippen MR) is 113 cm³/mol. The maximum Gasteiger partial charge on any atom is 0.330 e. The van der Waals surface area contributed by atoms with E-state index < -0.39 is 0 Å². The number of allylic oxidation sites excluding steroid dienone is 1. The Morgan fingerprint density at radius 1 is 0.897 bits per heavy atom. The van der Waals surface area contributed by atoms with E-state index >= 15 is 0 Å². The maximum absolute atomic E-state index is 12.3. The molecule has 158 valence electrons. The van der Waals surface area contributed by atoms with Crippen LogP contribution in [0.3, 0.4) is 0 Å². The van der Waals surface area contributed by atoms with Crippen LogP contribution in [0.5, 0.6) is 11.5 Å². The van der Waals surface area contributed by atoms with Gasteiger partial charge in [-0.2, -0.15) is 0 Å². The summed E-state index contributed by atoms with van der Waals surface area (Å²) in [4.78, 5) is 23.2. The second-order valence-corrected chi connectivity index (χ2v) is 7.37. The standard InChI is InChI=1S/C24H32O5/c1-3-19-9-11-20(12-10-19)24(26)29-22-15-13-21(14-16-22)27-17-7-5-6-8-18-28-23(25)4-2/h3-4,13-16,19-20H,1-2,5-12,17-18H2. The number of hydrogen-bond donors (Lipinski definition) is 0. The molecule has 0 spiro atoms. The van der Waals surface area contributed by atoms with Crippen molar-refractivity contribution in [2.45, 2.75) is 51.4 Å². The summed E-state index contributed by atoms with van der Waals surface area (Å²) in [5.41, 5.74) is 0. The van der Waals surface area contributed by atoms with E-state index in [0.717, 1.165) is 57.1 Å². The van der Waals surface area contributed by atoms with E-state index in [1.165, 1.54) is 6.08 Å². The van der Waals surface area contributed by atoms with E-state index in [2.05, 4.69) is 13.2 Å². The van der Waals surface area contributed by atoms with Crippen LogP contribution in [-0.4, -0.2) is 25.2 Å².